The van der Waals surface area contributed by atoms with Crippen molar-refractivity contribution in [3.8, 4) is 0 Å². The van der Waals surface area contributed by atoms with Crippen LogP contribution in [-0.2, 0) is 11.3 Å². The smallest absolute Gasteiger partial charge is 0.205 e. The molecule has 1 heterocycles. The van der Waals surface area contributed by atoms with Gasteiger partial charge < -0.3 is 10.1 Å². The molecule has 1 saturated carbocycles. The van der Waals surface area contributed by atoms with Crippen LogP contribution in [-0.4, -0.2) is 23.3 Å². The molecule has 0 saturated heterocycles. The van der Waals surface area contributed by atoms with Crippen molar-refractivity contribution in [1.82, 2.24) is 10.2 Å². The van der Waals surface area contributed by atoms with Crippen molar-refractivity contribution in [3.63, 3.8) is 0 Å². The Bertz CT molecular complexity index is 335. The number of rotatable bonds is 6. The summed E-state index contributed by atoms with van der Waals surface area (Å²) < 4.78 is 5.79. The van der Waals surface area contributed by atoms with Gasteiger partial charge in [0.15, 0.2) is 0 Å². The van der Waals surface area contributed by atoms with Crippen molar-refractivity contribution in [2.24, 2.45) is 5.92 Å². The number of ether oxygens (including phenoxy) is 1. The second-order valence-electron chi connectivity index (χ2n) is 4.90. The van der Waals surface area contributed by atoms with E-state index in [4.69, 9.17) is 4.74 Å². The summed E-state index contributed by atoms with van der Waals surface area (Å²) in [6, 6.07) is 0. The van der Waals surface area contributed by atoms with Crippen molar-refractivity contribution in [2.45, 2.75) is 52.1 Å². The van der Waals surface area contributed by atoms with Crippen LogP contribution in [0.25, 0.3) is 0 Å². The lowest BCUT2D eigenvalue weighted by Crippen LogP contribution is -2.08. The second kappa shape index (κ2) is 7.69. The van der Waals surface area contributed by atoms with E-state index in [1.165, 1.54) is 38.5 Å². The molecule has 2 rings (SSSR count). The third-order valence-electron chi connectivity index (χ3n) is 3.35. The van der Waals surface area contributed by atoms with E-state index < -0.39 is 0 Å². The predicted octanol–water partition coefficient (Wildman–Crippen LogP) is 3.46. The number of hydrogen-bond donors (Lipinski definition) is 1. The lowest BCUT2D eigenvalue weighted by atomic mass is 10.0. The number of aromatic nitrogens is 2. The van der Waals surface area contributed by atoms with Crippen LogP contribution >= 0.6 is 11.3 Å². The fourth-order valence-electron chi connectivity index (χ4n) is 2.38. The minimum Gasteiger partial charge on any atom is -0.374 e. The number of nitrogens with zero attached hydrogens (tertiary/aromatic N) is 2. The largest absolute Gasteiger partial charge is 0.374 e. The van der Waals surface area contributed by atoms with Gasteiger partial charge in [-0.1, -0.05) is 37.0 Å². The van der Waals surface area contributed by atoms with Gasteiger partial charge in [-0.3, -0.25) is 0 Å². The quantitative estimate of drug-likeness (QED) is 0.803. The molecule has 0 bridgehead atoms. The third-order valence-corrected chi connectivity index (χ3v) is 4.20. The molecule has 5 heteroatoms. The lowest BCUT2D eigenvalue weighted by molar-refractivity contribution is 0.0814. The summed E-state index contributed by atoms with van der Waals surface area (Å²) >= 11 is 1.59. The highest BCUT2D eigenvalue weighted by atomic mass is 32.1. The van der Waals surface area contributed by atoms with Crippen LogP contribution in [0, 0.1) is 5.92 Å². The van der Waals surface area contributed by atoms with Gasteiger partial charge in [0.05, 0.1) is 0 Å². The Balaban J connectivity index is 1.67. The molecule has 1 N–H and O–H groups in total. The molecule has 0 unspecified atom stereocenters. The average Bonchev–Trinajstić information content (AvgIpc) is 2.65. The first-order chi connectivity index (χ1) is 8.88. The molecule has 0 aromatic carbocycles. The van der Waals surface area contributed by atoms with Crippen molar-refractivity contribution in [1.29, 1.82) is 0 Å². The highest BCUT2D eigenvalue weighted by Crippen LogP contribution is 2.23. The molecular formula is C13H23N3OS. The van der Waals surface area contributed by atoms with Crippen molar-refractivity contribution < 1.29 is 4.74 Å². The van der Waals surface area contributed by atoms with Gasteiger partial charge in [-0.15, -0.1) is 10.2 Å². The van der Waals surface area contributed by atoms with E-state index in [1.807, 2.05) is 0 Å². The molecule has 1 aromatic rings. The van der Waals surface area contributed by atoms with Crippen LogP contribution in [0.2, 0.25) is 0 Å². The molecule has 1 aromatic heterocycles. The first kappa shape index (κ1) is 13.7. The van der Waals surface area contributed by atoms with Crippen LogP contribution in [0.3, 0.4) is 0 Å². The van der Waals surface area contributed by atoms with E-state index in [0.29, 0.717) is 6.61 Å². The summed E-state index contributed by atoms with van der Waals surface area (Å²) in [5, 5.41) is 13.2. The monoisotopic (exact) mass is 269 g/mol. The zero-order valence-electron chi connectivity index (χ0n) is 11.2. The lowest BCUT2D eigenvalue weighted by Gasteiger charge is -2.13. The van der Waals surface area contributed by atoms with E-state index in [9.17, 15) is 0 Å². The molecule has 0 spiro atoms. The van der Waals surface area contributed by atoms with Gasteiger partial charge in [-0.05, 0) is 25.7 Å². The number of nitrogens with one attached hydrogen (secondary N) is 1. The molecule has 0 atom stereocenters. The SMILES string of the molecule is CCNc1nnc(COCC2CCCCCC2)s1. The van der Waals surface area contributed by atoms with E-state index >= 15 is 0 Å². The number of hydrogen-bond acceptors (Lipinski definition) is 5. The maximum absolute atomic E-state index is 5.79. The summed E-state index contributed by atoms with van der Waals surface area (Å²) in [5.74, 6) is 0.758. The first-order valence-electron chi connectivity index (χ1n) is 7.02. The molecule has 0 amide bonds. The molecule has 0 radical (unpaired) electrons. The molecule has 18 heavy (non-hydrogen) atoms. The molecule has 1 aliphatic rings. The Hall–Kier alpha value is -0.680. The fourth-order valence-corrected chi connectivity index (χ4v) is 3.12. The minimum atomic E-state index is 0.611. The normalized spacial score (nSPS) is 17.6. The zero-order valence-corrected chi connectivity index (χ0v) is 12.0. The highest BCUT2D eigenvalue weighted by molar-refractivity contribution is 7.15. The first-order valence-corrected chi connectivity index (χ1v) is 7.84. The van der Waals surface area contributed by atoms with Gasteiger partial charge >= 0.3 is 0 Å². The van der Waals surface area contributed by atoms with E-state index in [2.05, 4.69) is 22.4 Å². The molecule has 1 fully saturated rings. The number of anilines is 1. The molecule has 0 aliphatic heterocycles. The summed E-state index contributed by atoms with van der Waals surface area (Å²) in [5.41, 5.74) is 0. The molecule has 4 nitrogen and oxygen atoms in total. The van der Waals surface area contributed by atoms with Gasteiger partial charge in [0.2, 0.25) is 5.13 Å². The minimum absolute atomic E-state index is 0.611. The summed E-state index contributed by atoms with van der Waals surface area (Å²) in [4.78, 5) is 0. The van der Waals surface area contributed by atoms with Crippen molar-refractivity contribution >= 4 is 16.5 Å². The fraction of sp³-hybridized carbons (Fsp3) is 0.846. The van der Waals surface area contributed by atoms with Gasteiger partial charge in [0, 0.05) is 13.2 Å². The average molecular weight is 269 g/mol. The second-order valence-corrected chi connectivity index (χ2v) is 5.97. The maximum atomic E-state index is 5.79. The Labute approximate surface area is 113 Å². The van der Waals surface area contributed by atoms with Crippen LogP contribution < -0.4 is 5.32 Å². The highest BCUT2D eigenvalue weighted by Gasteiger charge is 2.12. The maximum Gasteiger partial charge on any atom is 0.205 e. The van der Waals surface area contributed by atoms with Crippen LogP contribution in [0.1, 0.15) is 50.5 Å². The van der Waals surface area contributed by atoms with Crippen LogP contribution in [0.4, 0.5) is 5.13 Å². The Morgan fingerprint density at radius 2 is 2.00 bits per heavy atom. The van der Waals surface area contributed by atoms with Crippen LogP contribution in [0.15, 0.2) is 0 Å². The predicted molar refractivity (Wildman–Crippen MR) is 74.9 cm³/mol. The topological polar surface area (TPSA) is 47.0 Å². The van der Waals surface area contributed by atoms with Crippen molar-refractivity contribution in [2.75, 3.05) is 18.5 Å². The summed E-state index contributed by atoms with van der Waals surface area (Å²) in [7, 11) is 0. The summed E-state index contributed by atoms with van der Waals surface area (Å²) in [6.45, 7) is 4.44. The van der Waals surface area contributed by atoms with Gasteiger partial charge in [0.25, 0.3) is 0 Å². The van der Waals surface area contributed by atoms with E-state index in [-0.39, 0.29) is 0 Å². The van der Waals surface area contributed by atoms with Crippen molar-refractivity contribution in [3.05, 3.63) is 5.01 Å². The molecule has 1 aliphatic carbocycles. The Morgan fingerprint density at radius 1 is 1.22 bits per heavy atom. The third kappa shape index (κ3) is 4.53. The summed E-state index contributed by atoms with van der Waals surface area (Å²) in [6.07, 6.45) is 8.21. The van der Waals surface area contributed by atoms with Gasteiger partial charge in [-0.25, -0.2) is 0 Å². The van der Waals surface area contributed by atoms with E-state index in [1.54, 1.807) is 11.3 Å². The zero-order chi connectivity index (χ0) is 12.6. The molecular weight excluding hydrogens is 246 g/mol. The van der Waals surface area contributed by atoms with Crippen LogP contribution in [0.5, 0.6) is 0 Å². The molecule has 102 valence electrons. The Kier molecular flexibility index (Phi) is 5.87. The Morgan fingerprint density at radius 3 is 2.72 bits per heavy atom. The standard InChI is InChI=1S/C13H23N3OS/c1-2-14-13-16-15-12(18-13)10-17-9-11-7-5-3-4-6-8-11/h11H,2-10H2,1H3,(H,14,16). The van der Waals surface area contributed by atoms with Gasteiger partial charge in [-0.2, -0.15) is 0 Å². The van der Waals surface area contributed by atoms with Gasteiger partial charge in [0.1, 0.15) is 11.6 Å². The van der Waals surface area contributed by atoms with E-state index in [0.717, 1.165) is 29.2 Å².